The lowest BCUT2D eigenvalue weighted by molar-refractivity contribution is 0.386. The zero-order valence-electron chi connectivity index (χ0n) is 14.1. The largest absolute Gasteiger partial charge is 0.330 e. The Morgan fingerprint density at radius 2 is 1.68 bits per heavy atom. The van der Waals surface area contributed by atoms with E-state index < -0.39 is 10.2 Å². The summed E-state index contributed by atoms with van der Waals surface area (Å²) in [5, 5.41) is 3.50. The molecule has 2 heterocycles. The molecule has 1 atom stereocenters. The predicted octanol–water partition coefficient (Wildman–Crippen LogP) is 3.42. The Morgan fingerprint density at radius 1 is 0.960 bits per heavy atom. The van der Waals surface area contributed by atoms with E-state index in [9.17, 15) is 8.42 Å². The number of fused-ring (bicyclic) bond motifs is 1. The first-order valence-electron chi connectivity index (χ1n) is 8.88. The number of benzene rings is 2. The molecule has 2 aromatic carbocycles. The van der Waals surface area contributed by atoms with E-state index in [1.165, 1.54) is 17.1 Å². The predicted molar refractivity (Wildman–Crippen MR) is 102 cm³/mol. The molecule has 4 rings (SSSR count). The molecule has 2 aromatic rings. The van der Waals surface area contributed by atoms with Gasteiger partial charge >= 0.3 is 10.2 Å². The molecule has 0 spiro atoms. The summed E-state index contributed by atoms with van der Waals surface area (Å²) in [6.07, 6.45) is 4.38. The molecule has 1 unspecified atom stereocenters. The Labute approximate surface area is 149 Å². The normalized spacial score (nSPS) is 22.0. The second-order valence-electron chi connectivity index (χ2n) is 6.60. The van der Waals surface area contributed by atoms with Crippen molar-refractivity contribution in [3.8, 4) is 0 Å². The lowest BCUT2D eigenvalue weighted by Gasteiger charge is -2.26. The van der Waals surface area contributed by atoms with E-state index >= 15 is 0 Å². The Morgan fingerprint density at radius 3 is 2.40 bits per heavy atom. The van der Waals surface area contributed by atoms with E-state index in [2.05, 4.69) is 5.32 Å². The van der Waals surface area contributed by atoms with Crippen LogP contribution in [0, 0.1) is 0 Å². The maximum atomic E-state index is 13.3. The van der Waals surface area contributed by atoms with Gasteiger partial charge in [0.15, 0.2) is 0 Å². The smallest absolute Gasteiger partial charge is 0.314 e. The first-order valence-corrected chi connectivity index (χ1v) is 10.3. The van der Waals surface area contributed by atoms with Crippen LogP contribution in [0.2, 0.25) is 0 Å². The van der Waals surface area contributed by atoms with Gasteiger partial charge in [-0.05, 0) is 50.1 Å². The zero-order chi connectivity index (χ0) is 17.3. The summed E-state index contributed by atoms with van der Waals surface area (Å²) in [5.74, 6) is 0. The van der Waals surface area contributed by atoms with E-state index in [-0.39, 0.29) is 0 Å². The molecule has 132 valence electrons. The van der Waals surface area contributed by atoms with Crippen LogP contribution >= 0.6 is 0 Å². The molecule has 5 nitrogen and oxygen atoms in total. The fraction of sp³-hybridized carbons (Fsp3) is 0.368. The molecule has 6 heteroatoms. The second-order valence-corrected chi connectivity index (χ2v) is 8.31. The molecule has 25 heavy (non-hydrogen) atoms. The number of rotatable bonds is 4. The number of nitrogens with one attached hydrogen (secondary N) is 1. The number of nitrogens with zero attached hydrogens (tertiary/aromatic N) is 2. The molecular weight excluding hydrogens is 334 g/mol. The minimum atomic E-state index is -3.60. The number of hydrogen-bond acceptors (Lipinski definition) is 3. The van der Waals surface area contributed by atoms with Crippen molar-refractivity contribution in [2.45, 2.75) is 31.7 Å². The Balaban J connectivity index is 1.65. The van der Waals surface area contributed by atoms with E-state index in [4.69, 9.17) is 0 Å². The maximum Gasteiger partial charge on any atom is 0.330 e. The Bertz CT molecular complexity index is 833. The molecule has 1 N–H and O–H groups in total. The maximum absolute atomic E-state index is 13.3. The van der Waals surface area contributed by atoms with Crippen molar-refractivity contribution in [2.24, 2.45) is 0 Å². The number of para-hydroxylation sites is 3. The van der Waals surface area contributed by atoms with Crippen molar-refractivity contribution in [3.63, 3.8) is 0 Å². The highest BCUT2D eigenvalue weighted by atomic mass is 32.2. The van der Waals surface area contributed by atoms with Crippen LogP contribution in [-0.4, -0.2) is 27.5 Å². The highest BCUT2D eigenvalue weighted by Gasteiger charge is 2.41. The van der Waals surface area contributed by atoms with Crippen molar-refractivity contribution >= 4 is 27.3 Å². The quantitative estimate of drug-likeness (QED) is 0.912. The second kappa shape index (κ2) is 6.69. The molecule has 0 aromatic heterocycles. The minimum absolute atomic E-state index is 0.405. The first kappa shape index (κ1) is 16.4. The topological polar surface area (TPSA) is 52.7 Å². The van der Waals surface area contributed by atoms with Gasteiger partial charge in [0.1, 0.15) is 0 Å². The summed E-state index contributed by atoms with van der Waals surface area (Å²) in [5.41, 5.74) is 2.17. The first-order chi connectivity index (χ1) is 12.2. The van der Waals surface area contributed by atoms with Gasteiger partial charge in [0, 0.05) is 12.6 Å². The molecule has 0 saturated carbocycles. The average molecular weight is 357 g/mol. The lowest BCUT2D eigenvalue weighted by atomic mass is 10.0. The third-order valence-corrected chi connectivity index (χ3v) is 6.77. The molecule has 1 saturated heterocycles. The standard InChI is InChI=1S/C19H23N3O2S/c23-25(24)21(15-13-16-8-6-7-14-20-16)18-11-4-5-12-19(18)22(25)17-9-2-1-3-10-17/h1-5,9-12,16,20H,6-8,13-15H2. The molecule has 1 fully saturated rings. The third-order valence-electron chi connectivity index (χ3n) is 4.96. The van der Waals surface area contributed by atoms with Crippen molar-refractivity contribution in [1.82, 2.24) is 5.32 Å². The summed E-state index contributed by atoms with van der Waals surface area (Å²) >= 11 is 0. The monoisotopic (exact) mass is 357 g/mol. The van der Waals surface area contributed by atoms with Gasteiger partial charge in [0.2, 0.25) is 0 Å². The van der Waals surface area contributed by atoms with Crippen molar-refractivity contribution in [1.29, 1.82) is 0 Å². The Kier molecular flexibility index (Phi) is 4.39. The summed E-state index contributed by atoms with van der Waals surface area (Å²) in [6.45, 7) is 1.53. The summed E-state index contributed by atoms with van der Waals surface area (Å²) < 4.78 is 29.5. The van der Waals surface area contributed by atoms with Gasteiger partial charge in [0.05, 0.1) is 17.1 Å². The summed E-state index contributed by atoms with van der Waals surface area (Å²) in [7, 11) is -3.60. The van der Waals surface area contributed by atoms with Crippen LogP contribution in [0.3, 0.4) is 0 Å². The SMILES string of the molecule is O=S1(=O)N(CCC2CCCCN2)c2ccccc2N1c1ccccc1. The van der Waals surface area contributed by atoms with Crippen LogP contribution in [0.1, 0.15) is 25.7 Å². The molecular formula is C19H23N3O2S. The van der Waals surface area contributed by atoms with Gasteiger partial charge in [-0.1, -0.05) is 36.8 Å². The fourth-order valence-corrected chi connectivity index (χ4v) is 5.44. The minimum Gasteiger partial charge on any atom is -0.314 e. The van der Waals surface area contributed by atoms with Crippen LogP contribution in [0.5, 0.6) is 0 Å². The molecule has 0 amide bonds. The van der Waals surface area contributed by atoms with Crippen molar-refractivity contribution in [3.05, 3.63) is 54.6 Å². The van der Waals surface area contributed by atoms with Crippen LogP contribution in [0.15, 0.2) is 54.6 Å². The van der Waals surface area contributed by atoms with Gasteiger partial charge < -0.3 is 5.32 Å². The third kappa shape index (κ3) is 3.00. The van der Waals surface area contributed by atoms with Crippen LogP contribution in [0.4, 0.5) is 17.1 Å². The number of hydrogen-bond donors (Lipinski definition) is 1. The molecule has 2 aliphatic heterocycles. The zero-order valence-corrected chi connectivity index (χ0v) is 15.0. The van der Waals surface area contributed by atoms with E-state index in [1.807, 2.05) is 54.6 Å². The van der Waals surface area contributed by atoms with Crippen molar-refractivity contribution in [2.75, 3.05) is 21.7 Å². The van der Waals surface area contributed by atoms with Gasteiger partial charge in [-0.25, -0.2) is 4.31 Å². The summed E-state index contributed by atoms with van der Waals surface area (Å²) in [4.78, 5) is 0. The number of anilines is 3. The lowest BCUT2D eigenvalue weighted by Crippen LogP contribution is -2.40. The van der Waals surface area contributed by atoms with E-state index in [0.717, 1.165) is 30.8 Å². The molecule has 0 aliphatic carbocycles. The van der Waals surface area contributed by atoms with Gasteiger partial charge in [0.25, 0.3) is 0 Å². The highest BCUT2D eigenvalue weighted by molar-refractivity contribution is 7.95. The van der Waals surface area contributed by atoms with Gasteiger partial charge in [-0.15, -0.1) is 0 Å². The molecule has 0 bridgehead atoms. The fourth-order valence-electron chi connectivity index (χ4n) is 3.71. The van der Waals surface area contributed by atoms with E-state index in [1.54, 1.807) is 4.31 Å². The molecule has 2 aliphatic rings. The van der Waals surface area contributed by atoms with Gasteiger partial charge in [-0.3, -0.25) is 4.31 Å². The summed E-state index contributed by atoms with van der Waals surface area (Å²) in [6, 6.07) is 17.2. The molecule has 0 radical (unpaired) electrons. The van der Waals surface area contributed by atoms with E-state index in [0.29, 0.717) is 18.3 Å². The van der Waals surface area contributed by atoms with Crippen molar-refractivity contribution < 1.29 is 8.42 Å². The average Bonchev–Trinajstić information content (AvgIpc) is 2.87. The van der Waals surface area contributed by atoms with Gasteiger partial charge in [-0.2, -0.15) is 8.42 Å². The van der Waals surface area contributed by atoms with Crippen LogP contribution in [-0.2, 0) is 10.2 Å². The Hall–Kier alpha value is -2.05. The number of piperidine rings is 1. The van der Waals surface area contributed by atoms with Crippen LogP contribution < -0.4 is 13.9 Å². The van der Waals surface area contributed by atoms with Crippen LogP contribution in [0.25, 0.3) is 0 Å². The highest BCUT2D eigenvalue weighted by Crippen LogP contribution is 2.45.